The Balaban J connectivity index is 1.37. The van der Waals surface area contributed by atoms with E-state index in [1.807, 2.05) is 73.8 Å². The number of para-hydroxylation sites is 1. The zero-order valence-electron chi connectivity index (χ0n) is 19.0. The Morgan fingerprint density at radius 1 is 0.971 bits per heavy atom. The van der Waals surface area contributed by atoms with E-state index in [0.717, 1.165) is 32.6 Å². The fraction of sp³-hybridized carbons (Fsp3) is 0.0714. The van der Waals surface area contributed by atoms with E-state index in [4.69, 9.17) is 5.41 Å². The molecule has 0 unspecified atom stereocenters. The number of amidine groups is 2. The Morgan fingerprint density at radius 2 is 1.71 bits per heavy atom. The molecule has 6 nitrogen and oxygen atoms in total. The van der Waals surface area contributed by atoms with E-state index in [0.29, 0.717) is 11.7 Å². The Bertz CT molecular complexity index is 1580. The summed E-state index contributed by atoms with van der Waals surface area (Å²) in [4.78, 5) is 17.2. The van der Waals surface area contributed by atoms with Gasteiger partial charge in [0.15, 0.2) is 5.84 Å². The highest BCUT2D eigenvalue weighted by molar-refractivity contribution is 8.27. The molecular formula is C28H21N5OS. The maximum Gasteiger partial charge on any atom is 0.283 e. The van der Waals surface area contributed by atoms with Crippen molar-refractivity contribution in [3.05, 3.63) is 113 Å². The monoisotopic (exact) mass is 475 g/mol. The van der Waals surface area contributed by atoms with Gasteiger partial charge in [0, 0.05) is 34.8 Å². The molecule has 0 bridgehead atoms. The number of nitrogens with zero attached hydrogens (tertiary/aromatic N) is 4. The first-order valence-electron chi connectivity index (χ1n) is 11.3. The highest BCUT2D eigenvalue weighted by Crippen LogP contribution is 2.32. The van der Waals surface area contributed by atoms with Crippen molar-refractivity contribution in [3.8, 4) is 0 Å². The third kappa shape index (κ3) is 3.90. The van der Waals surface area contributed by atoms with Crippen molar-refractivity contribution in [2.45, 2.75) is 13.5 Å². The van der Waals surface area contributed by atoms with Gasteiger partial charge < -0.3 is 4.57 Å². The van der Waals surface area contributed by atoms with Crippen molar-refractivity contribution in [2.75, 3.05) is 0 Å². The quantitative estimate of drug-likeness (QED) is 0.387. The van der Waals surface area contributed by atoms with E-state index >= 15 is 0 Å². The SMILES string of the molecule is Cc1ccc(C2=NN3C(=N)/C(=C/c4cn(Cc5ccccc5)c5ccccc45)C(=O)N=C3S2)cc1. The lowest BCUT2D eigenvalue weighted by molar-refractivity contribution is -0.114. The number of rotatable bonds is 4. The first-order chi connectivity index (χ1) is 17.1. The molecule has 0 atom stereocenters. The summed E-state index contributed by atoms with van der Waals surface area (Å²) in [6.45, 7) is 2.74. The normalized spacial score (nSPS) is 16.6. The van der Waals surface area contributed by atoms with Gasteiger partial charge in [-0.1, -0.05) is 78.4 Å². The number of fused-ring (bicyclic) bond motifs is 2. The Hall–Kier alpha value is -4.23. The van der Waals surface area contributed by atoms with Crippen LogP contribution in [0.1, 0.15) is 22.3 Å². The van der Waals surface area contributed by atoms with E-state index in [1.165, 1.54) is 22.3 Å². The lowest BCUT2D eigenvalue weighted by Gasteiger charge is -2.20. The van der Waals surface area contributed by atoms with Gasteiger partial charge in [-0.3, -0.25) is 10.2 Å². The lowest BCUT2D eigenvalue weighted by atomic mass is 10.1. The number of thioether (sulfide) groups is 1. The minimum absolute atomic E-state index is 0.0366. The van der Waals surface area contributed by atoms with Crippen LogP contribution in [-0.4, -0.2) is 31.5 Å². The molecule has 1 aromatic heterocycles. The summed E-state index contributed by atoms with van der Waals surface area (Å²) < 4.78 is 2.17. The van der Waals surface area contributed by atoms with Crippen LogP contribution in [0.25, 0.3) is 17.0 Å². The minimum atomic E-state index is -0.422. The van der Waals surface area contributed by atoms with Crippen molar-refractivity contribution in [1.29, 1.82) is 5.41 Å². The van der Waals surface area contributed by atoms with Crippen molar-refractivity contribution in [3.63, 3.8) is 0 Å². The molecule has 7 heteroatoms. The third-order valence-electron chi connectivity index (χ3n) is 6.07. The Morgan fingerprint density at radius 3 is 2.51 bits per heavy atom. The molecule has 3 heterocycles. The summed E-state index contributed by atoms with van der Waals surface area (Å²) in [5, 5.41) is 17.0. The highest BCUT2D eigenvalue weighted by Gasteiger charge is 2.36. The summed E-state index contributed by atoms with van der Waals surface area (Å²) in [6.07, 6.45) is 3.79. The van der Waals surface area contributed by atoms with Crippen LogP contribution >= 0.6 is 11.8 Å². The van der Waals surface area contributed by atoms with Crippen molar-refractivity contribution in [1.82, 2.24) is 9.58 Å². The van der Waals surface area contributed by atoms with Crippen molar-refractivity contribution in [2.24, 2.45) is 10.1 Å². The first-order valence-corrected chi connectivity index (χ1v) is 12.1. The van der Waals surface area contributed by atoms with Gasteiger partial charge in [-0.2, -0.15) is 15.1 Å². The fourth-order valence-electron chi connectivity index (χ4n) is 4.26. The molecule has 3 aromatic carbocycles. The summed E-state index contributed by atoms with van der Waals surface area (Å²) in [6, 6.07) is 26.4. The van der Waals surface area contributed by atoms with E-state index in [-0.39, 0.29) is 11.4 Å². The fourth-order valence-corrected chi connectivity index (χ4v) is 5.16. The van der Waals surface area contributed by atoms with Gasteiger partial charge in [0.05, 0.1) is 5.57 Å². The number of carbonyl (C=O) groups excluding carboxylic acids is 1. The second kappa shape index (κ2) is 8.52. The maximum atomic E-state index is 13.0. The van der Waals surface area contributed by atoms with E-state index in [1.54, 1.807) is 6.08 Å². The van der Waals surface area contributed by atoms with E-state index < -0.39 is 5.91 Å². The Kier molecular flexibility index (Phi) is 5.19. The average molecular weight is 476 g/mol. The van der Waals surface area contributed by atoms with Crippen molar-refractivity contribution < 1.29 is 4.79 Å². The summed E-state index contributed by atoms with van der Waals surface area (Å²) in [5.74, 6) is -0.386. The third-order valence-corrected chi connectivity index (χ3v) is 7.03. The maximum absolute atomic E-state index is 13.0. The van der Waals surface area contributed by atoms with Gasteiger partial charge in [-0.25, -0.2) is 0 Å². The molecule has 6 rings (SSSR count). The summed E-state index contributed by atoms with van der Waals surface area (Å²) >= 11 is 1.31. The van der Waals surface area contributed by atoms with Crippen LogP contribution < -0.4 is 0 Å². The minimum Gasteiger partial charge on any atom is -0.342 e. The molecule has 1 amide bonds. The molecular weight excluding hydrogens is 454 g/mol. The molecule has 170 valence electrons. The van der Waals surface area contributed by atoms with Crippen LogP contribution in [0.4, 0.5) is 0 Å². The Labute approximate surface area is 206 Å². The number of hydrogen-bond donors (Lipinski definition) is 1. The molecule has 0 spiro atoms. The van der Waals surface area contributed by atoms with Gasteiger partial charge in [0.25, 0.3) is 5.91 Å². The predicted molar refractivity (Wildman–Crippen MR) is 143 cm³/mol. The van der Waals surface area contributed by atoms with Crippen LogP contribution in [0.5, 0.6) is 0 Å². The average Bonchev–Trinajstić information content (AvgIpc) is 3.45. The molecule has 2 aliphatic rings. The predicted octanol–water partition coefficient (Wildman–Crippen LogP) is 5.67. The molecule has 35 heavy (non-hydrogen) atoms. The molecule has 0 saturated heterocycles. The number of hydrazone groups is 1. The number of aromatic nitrogens is 1. The molecule has 4 aromatic rings. The number of hydrogen-bond acceptors (Lipinski definition) is 4. The first kappa shape index (κ1) is 21.3. The van der Waals surface area contributed by atoms with Gasteiger partial charge in [0.1, 0.15) is 5.04 Å². The van der Waals surface area contributed by atoms with Gasteiger partial charge in [-0.05, 0) is 36.4 Å². The summed E-state index contributed by atoms with van der Waals surface area (Å²) in [7, 11) is 0. The van der Waals surface area contributed by atoms with Crippen LogP contribution in [0.3, 0.4) is 0 Å². The van der Waals surface area contributed by atoms with Crippen molar-refractivity contribution >= 4 is 50.7 Å². The molecule has 0 aliphatic carbocycles. The number of carbonyl (C=O) groups is 1. The van der Waals surface area contributed by atoms with Gasteiger partial charge in [0.2, 0.25) is 5.17 Å². The second-order valence-corrected chi connectivity index (χ2v) is 9.46. The highest BCUT2D eigenvalue weighted by atomic mass is 32.2. The van der Waals surface area contributed by atoms with Crippen LogP contribution in [0.2, 0.25) is 0 Å². The molecule has 1 N–H and O–H groups in total. The van der Waals surface area contributed by atoms with E-state index in [9.17, 15) is 4.79 Å². The lowest BCUT2D eigenvalue weighted by Crippen LogP contribution is -2.35. The zero-order chi connectivity index (χ0) is 23.9. The van der Waals surface area contributed by atoms with E-state index in [2.05, 4.69) is 32.9 Å². The smallest absolute Gasteiger partial charge is 0.283 e. The van der Waals surface area contributed by atoms with Crippen LogP contribution in [0.15, 0.2) is 101 Å². The number of aryl methyl sites for hydroxylation is 1. The molecule has 0 saturated carbocycles. The van der Waals surface area contributed by atoms with Gasteiger partial charge >= 0.3 is 0 Å². The van der Waals surface area contributed by atoms with Gasteiger partial charge in [-0.15, -0.1) is 0 Å². The molecule has 0 fully saturated rings. The number of amides is 1. The molecule has 2 aliphatic heterocycles. The van der Waals surface area contributed by atoms with Crippen LogP contribution in [0, 0.1) is 12.3 Å². The molecule has 0 radical (unpaired) electrons. The van der Waals surface area contributed by atoms with Crippen LogP contribution in [-0.2, 0) is 11.3 Å². The summed E-state index contributed by atoms with van der Waals surface area (Å²) in [5.41, 5.74) is 5.46. The zero-order valence-corrected chi connectivity index (χ0v) is 19.8. The standard InChI is InChI=1S/C28H21N5OS/c1-18-11-13-20(14-12-18)27-31-33-25(29)23(26(34)30-28(33)35-27)15-21-17-32(16-19-7-3-2-4-8-19)24-10-6-5-9-22(21)24/h2-15,17,29H,16H2,1H3/b23-15-,29-25?. The largest absolute Gasteiger partial charge is 0.342 e. The number of aliphatic imine (C=N–C) groups is 1. The number of benzene rings is 3. The topological polar surface area (TPSA) is 73.8 Å². The number of nitrogens with one attached hydrogen (secondary N) is 1. The second-order valence-electron chi connectivity index (χ2n) is 8.51.